The summed E-state index contributed by atoms with van der Waals surface area (Å²) in [6.07, 6.45) is 3.23. The van der Waals surface area contributed by atoms with Gasteiger partial charge in [-0.3, -0.25) is 0 Å². The van der Waals surface area contributed by atoms with Gasteiger partial charge < -0.3 is 0 Å². The van der Waals surface area contributed by atoms with Gasteiger partial charge in [0.1, 0.15) is 0 Å². The van der Waals surface area contributed by atoms with Crippen LogP contribution in [0.3, 0.4) is 0 Å². The lowest BCUT2D eigenvalue weighted by molar-refractivity contribution is 0.809. The van der Waals surface area contributed by atoms with Crippen molar-refractivity contribution < 1.29 is 0 Å². The van der Waals surface area contributed by atoms with Crippen molar-refractivity contribution in [2.75, 3.05) is 0 Å². The molecule has 0 aliphatic rings. The van der Waals surface area contributed by atoms with Gasteiger partial charge in [-0.2, -0.15) is 0 Å². The van der Waals surface area contributed by atoms with Crippen molar-refractivity contribution >= 4 is 11.8 Å². The fourth-order valence-corrected chi connectivity index (χ4v) is 12.2. The lowest BCUT2D eigenvalue weighted by Gasteiger charge is -2.47. The van der Waals surface area contributed by atoms with E-state index in [1.807, 2.05) is 0 Å². The summed E-state index contributed by atoms with van der Waals surface area (Å²) in [6, 6.07) is 104. The van der Waals surface area contributed by atoms with Gasteiger partial charge in [0.05, 0.1) is 9.49 Å². The van der Waals surface area contributed by atoms with Crippen molar-refractivity contribution in [3.8, 4) is 0 Å². The zero-order valence-corrected chi connectivity index (χ0v) is 38.6. The lowest BCUT2D eigenvalue weighted by atomic mass is 9.77. The lowest BCUT2D eigenvalue weighted by Crippen LogP contribution is -2.37. The first kappa shape index (κ1) is 43.4. The molecule has 324 valence electrons. The first-order valence-corrected chi connectivity index (χ1v) is 24.3. The summed E-state index contributed by atoms with van der Waals surface area (Å²) in [5.41, 5.74) is 18.1. The van der Waals surface area contributed by atoms with Crippen LogP contribution in [0, 0.1) is 0 Å². The third-order valence-electron chi connectivity index (χ3n) is 13.3. The van der Waals surface area contributed by atoms with Gasteiger partial charge in [0.2, 0.25) is 0 Å². The molecule has 0 nitrogen and oxygen atoms in total. The molecule has 0 radical (unpaired) electrons. The van der Waals surface area contributed by atoms with E-state index in [9.17, 15) is 0 Å². The first-order chi connectivity index (χ1) is 33.2. The zero-order chi connectivity index (χ0) is 45.1. The second-order valence-electron chi connectivity index (χ2n) is 17.5. The van der Waals surface area contributed by atoms with Crippen LogP contribution in [0.15, 0.2) is 279 Å². The van der Waals surface area contributed by atoms with E-state index in [2.05, 4.69) is 291 Å². The van der Waals surface area contributed by atoms with Crippen LogP contribution in [0.5, 0.6) is 0 Å². The Labute approximate surface area is 401 Å². The number of benzene rings is 10. The number of hydrogen-bond donors (Lipinski definition) is 0. The van der Waals surface area contributed by atoms with Gasteiger partial charge in [0.25, 0.3) is 0 Å². The molecule has 0 amide bonds. The van der Waals surface area contributed by atoms with E-state index in [1.54, 1.807) is 0 Å². The Kier molecular flexibility index (Phi) is 13.2. The molecule has 0 unspecified atom stereocenters. The minimum Gasteiger partial charge on any atom is -0.119 e. The van der Waals surface area contributed by atoms with Gasteiger partial charge in [0.15, 0.2) is 0 Å². The van der Waals surface area contributed by atoms with Crippen molar-refractivity contribution in [2.24, 2.45) is 0 Å². The minimum absolute atomic E-state index is 0.746. The fraction of sp³-hybridized carbons (Fsp3) is 0.0909. The summed E-state index contributed by atoms with van der Waals surface area (Å²) < 4.78 is -1.49. The molecule has 10 aromatic carbocycles. The van der Waals surface area contributed by atoms with Crippen molar-refractivity contribution in [3.63, 3.8) is 0 Å². The number of thioether (sulfide) groups is 1. The van der Waals surface area contributed by atoms with Crippen LogP contribution in [0.2, 0.25) is 0 Å². The van der Waals surface area contributed by atoms with E-state index < -0.39 is 9.49 Å². The Morgan fingerprint density at radius 1 is 0.224 bits per heavy atom. The van der Waals surface area contributed by atoms with Gasteiger partial charge in [-0.15, -0.1) is 11.8 Å². The van der Waals surface area contributed by atoms with Crippen LogP contribution in [0.25, 0.3) is 0 Å². The Balaban J connectivity index is 1.34. The zero-order valence-electron chi connectivity index (χ0n) is 37.8. The van der Waals surface area contributed by atoms with E-state index in [-0.39, 0.29) is 0 Å². The molecule has 10 aromatic rings. The van der Waals surface area contributed by atoms with Crippen LogP contribution in [0.1, 0.15) is 77.9 Å². The van der Waals surface area contributed by atoms with E-state index in [1.165, 1.54) is 77.9 Å². The highest BCUT2D eigenvalue weighted by molar-refractivity contribution is 8.02. The Hall–Kier alpha value is -7.45. The summed E-state index contributed by atoms with van der Waals surface area (Å²) in [7, 11) is 0. The number of rotatable bonds is 16. The van der Waals surface area contributed by atoms with E-state index in [0.717, 1.165) is 25.7 Å². The molecule has 0 spiro atoms. The standard InChI is InChI=1S/C66H54S/c1-9-27-51(28-10-1)47-55-35-25-45-63(61(55)49-53-31-13-3-14-32-53)65(57-37-17-5-18-38-57,58-39-19-6-20-40-58)67-66(59-41-21-7-22-42-59,60-43-23-8-24-44-60)64-46-26-36-56(48-52-29-11-2-12-30-52)62(64)50-54-33-15-4-16-34-54/h1-46H,47-50H2. The highest BCUT2D eigenvalue weighted by Crippen LogP contribution is 2.62. The molecule has 0 bridgehead atoms. The van der Waals surface area contributed by atoms with Crippen molar-refractivity contribution in [1.82, 2.24) is 0 Å². The second kappa shape index (κ2) is 20.4. The van der Waals surface area contributed by atoms with Gasteiger partial charge in [-0.1, -0.05) is 279 Å². The topological polar surface area (TPSA) is 0 Å². The normalized spacial score (nSPS) is 11.6. The monoisotopic (exact) mass is 878 g/mol. The van der Waals surface area contributed by atoms with E-state index in [4.69, 9.17) is 0 Å². The largest absolute Gasteiger partial charge is 0.119 e. The maximum atomic E-state index is 2.44. The van der Waals surface area contributed by atoms with Crippen LogP contribution in [-0.2, 0) is 35.2 Å². The highest BCUT2D eigenvalue weighted by atomic mass is 32.2. The van der Waals surface area contributed by atoms with Gasteiger partial charge in [-0.05, 0) is 104 Å². The smallest absolute Gasteiger partial charge is 0.0925 e. The summed E-state index contributed by atoms with van der Waals surface area (Å²) in [6.45, 7) is 0. The molecule has 0 heterocycles. The predicted molar refractivity (Wildman–Crippen MR) is 283 cm³/mol. The second-order valence-corrected chi connectivity index (χ2v) is 18.9. The van der Waals surface area contributed by atoms with Crippen LogP contribution < -0.4 is 0 Å². The molecular weight excluding hydrogens is 825 g/mol. The van der Waals surface area contributed by atoms with Crippen LogP contribution in [-0.4, -0.2) is 0 Å². The Morgan fingerprint density at radius 3 is 0.731 bits per heavy atom. The Bertz CT molecular complexity index is 2800. The molecule has 0 aliphatic carbocycles. The molecule has 10 rings (SSSR count). The third kappa shape index (κ3) is 9.21. The van der Waals surface area contributed by atoms with E-state index in [0.29, 0.717) is 0 Å². The van der Waals surface area contributed by atoms with E-state index >= 15 is 0 Å². The maximum absolute atomic E-state index is 2.44. The molecule has 67 heavy (non-hydrogen) atoms. The molecular formula is C66H54S. The fourth-order valence-electron chi connectivity index (χ4n) is 10.1. The van der Waals surface area contributed by atoms with Crippen molar-refractivity contribution in [3.05, 3.63) is 357 Å². The maximum Gasteiger partial charge on any atom is 0.0925 e. The summed E-state index contributed by atoms with van der Waals surface area (Å²) in [5.74, 6) is 0. The predicted octanol–water partition coefficient (Wildman–Crippen LogP) is 16.1. The SMILES string of the molecule is c1ccc(Cc2cccc(C(SC(c3ccccc3)(c3ccccc3)c3cccc(Cc4ccccc4)c3Cc3ccccc3)(c3ccccc3)c3ccccc3)c2Cc2ccccc2)cc1. The van der Waals surface area contributed by atoms with Gasteiger partial charge >= 0.3 is 0 Å². The average molecular weight is 879 g/mol. The third-order valence-corrected chi connectivity index (χ3v) is 15.2. The van der Waals surface area contributed by atoms with Crippen molar-refractivity contribution in [1.29, 1.82) is 0 Å². The molecule has 0 aromatic heterocycles. The minimum atomic E-state index is -0.746. The quantitative estimate of drug-likeness (QED) is 0.0872. The molecule has 0 N–H and O–H groups in total. The first-order valence-electron chi connectivity index (χ1n) is 23.5. The van der Waals surface area contributed by atoms with Gasteiger partial charge in [0, 0.05) is 0 Å². The summed E-state index contributed by atoms with van der Waals surface area (Å²) >= 11 is 2.08. The highest BCUT2D eigenvalue weighted by Gasteiger charge is 2.50. The van der Waals surface area contributed by atoms with Crippen LogP contribution >= 0.6 is 11.8 Å². The molecule has 0 atom stereocenters. The molecule has 1 heteroatoms. The summed E-state index contributed by atoms with van der Waals surface area (Å²) in [5, 5.41) is 0. The van der Waals surface area contributed by atoms with Crippen LogP contribution in [0.4, 0.5) is 0 Å². The molecule has 0 fully saturated rings. The molecule has 0 saturated carbocycles. The number of hydrogen-bond acceptors (Lipinski definition) is 1. The molecule has 0 aliphatic heterocycles. The average Bonchev–Trinajstić information content (AvgIpc) is 3.40. The van der Waals surface area contributed by atoms with Gasteiger partial charge in [-0.25, -0.2) is 0 Å². The molecule has 0 saturated heterocycles. The summed E-state index contributed by atoms with van der Waals surface area (Å²) in [4.78, 5) is 0. The van der Waals surface area contributed by atoms with Crippen molar-refractivity contribution in [2.45, 2.75) is 35.2 Å². The Morgan fingerprint density at radius 2 is 0.463 bits per heavy atom.